The summed E-state index contributed by atoms with van der Waals surface area (Å²) in [7, 11) is 1.59. The molecule has 0 bridgehead atoms. The molecule has 1 aliphatic rings. The maximum atomic E-state index is 12.9. The molecular weight excluding hydrogens is 360 g/mol. The summed E-state index contributed by atoms with van der Waals surface area (Å²) < 4.78 is 5.21. The lowest BCUT2D eigenvalue weighted by Crippen LogP contribution is -2.40. The number of ether oxygens (including phenoxy) is 1. The van der Waals surface area contributed by atoms with Gasteiger partial charge < -0.3 is 20.1 Å². The lowest BCUT2D eigenvalue weighted by atomic mass is 9.92. The Balaban J connectivity index is 2.20. The molecule has 154 valence electrons. The Morgan fingerprint density at radius 1 is 1.32 bits per heavy atom. The van der Waals surface area contributed by atoms with Crippen LogP contribution in [-0.2, 0) is 14.4 Å². The fourth-order valence-corrected chi connectivity index (χ4v) is 3.59. The van der Waals surface area contributed by atoms with Crippen molar-refractivity contribution < 1.29 is 24.2 Å². The third kappa shape index (κ3) is 5.47. The van der Waals surface area contributed by atoms with Crippen molar-refractivity contribution in [3.63, 3.8) is 0 Å². The second-order valence-electron chi connectivity index (χ2n) is 7.31. The van der Waals surface area contributed by atoms with E-state index in [0.29, 0.717) is 13.0 Å². The number of rotatable bonds is 10. The number of hydrogen-bond acceptors (Lipinski definition) is 4. The molecule has 2 rings (SSSR count). The van der Waals surface area contributed by atoms with Crippen LogP contribution in [0.15, 0.2) is 24.3 Å². The zero-order valence-corrected chi connectivity index (χ0v) is 16.8. The van der Waals surface area contributed by atoms with Gasteiger partial charge in [0.2, 0.25) is 11.8 Å². The molecule has 1 saturated heterocycles. The zero-order chi connectivity index (χ0) is 20.7. The molecule has 1 heterocycles. The minimum absolute atomic E-state index is 0.00439. The SMILES string of the molecule is CCCCN1C(=O)CC(C(=O)NC(C)CCC(=O)O)C1c1ccc(OC)cc1. The average molecular weight is 390 g/mol. The molecule has 1 aromatic carbocycles. The lowest BCUT2D eigenvalue weighted by molar-refractivity contribution is -0.137. The van der Waals surface area contributed by atoms with E-state index in [9.17, 15) is 14.4 Å². The summed E-state index contributed by atoms with van der Waals surface area (Å²) in [5.41, 5.74) is 0.904. The number of benzene rings is 1. The molecule has 0 spiro atoms. The molecule has 0 saturated carbocycles. The van der Waals surface area contributed by atoms with Gasteiger partial charge in [-0.1, -0.05) is 25.5 Å². The van der Waals surface area contributed by atoms with Gasteiger partial charge in [0, 0.05) is 25.4 Å². The lowest BCUT2D eigenvalue weighted by Gasteiger charge is -2.29. The molecule has 7 nitrogen and oxygen atoms in total. The Bertz CT molecular complexity index is 689. The fourth-order valence-electron chi connectivity index (χ4n) is 3.59. The standard InChI is InChI=1S/C21H30N2O5/c1-4-5-12-23-18(24)13-17(21(27)22-14(2)6-11-19(25)26)20(23)15-7-9-16(28-3)10-8-15/h7-10,14,17,20H,4-6,11-13H2,1-3H3,(H,22,27)(H,25,26). The van der Waals surface area contributed by atoms with Gasteiger partial charge in [0.1, 0.15) is 5.75 Å². The van der Waals surface area contributed by atoms with E-state index in [0.717, 1.165) is 24.2 Å². The number of methoxy groups -OCH3 is 1. The average Bonchev–Trinajstić information content (AvgIpc) is 3.01. The number of unbranched alkanes of at least 4 members (excludes halogenated alkanes) is 1. The van der Waals surface area contributed by atoms with E-state index in [1.807, 2.05) is 24.3 Å². The summed E-state index contributed by atoms with van der Waals surface area (Å²) in [6.45, 7) is 4.47. The van der Waals surface area contributed by atoms with Crippen LogP contribution in [0.4, 0.5) is 0 Å². The maximum Gasteiger partial charge on any atom is 0.303 e. The van der Waals surface area contributed by atoms with Crippen LogP contribution >= 0.6 is 0 Å². The molecule has 2 amide bonds. The van der Waals surface area contributed by atoms with Crippen molar-refractivity contribution in [3.8, 4) is 5.75 Å². The first kappa shape index (κ1) is 21.7. The number of carboxylic acids is 1. The smallest absolute Gasteiger partial charge is 0.303 e. The molecule has 7 heteroatoms. The number of nitrogens with zero attached hydrogens (tertiary/aromatic N) is 1. The molecular formula is C21H30N2O5. The number of aliphatic carboxylic acids is 1. The van der Waals surface area contributed by atoms with Crippen LogP contribution in [0.5, 0.6) is 5.75 Å². The maximum absolute atomic E-state index is 12.9. The van der Waals surface area contributed by atoms with Crippen LogP contribution in [0.3, 0.4) is 0 Å². The molecule has 0 radical (unpaired) electrons. The van der Waals surface area contributed by atoms with Crippen molar-refractivity contribution in [3.05, 3.63) is 29.8 Å². The molecule has 1 aliphatic heterocycles. The Morgan fingerprint density at radius 3 is 2.57 bits per heavy atom. The minimum atomic E-state index is -0.890. The van der Waals surface area contributed by atoms with Gasteiger partial charge in [-0.3, -0.25) is 14.4 Å². The van der Waals surface area contributed by atoms with Crippen molar-refractivity contribution in [2.75, 3.05) is 13.7 Å². The number of hydrogen-bond donors (Lipinski definition) is 2. The molecule has 1 aromatic rings. The Morgan fingerprint density at radius 2 is 2.00 bits per heavy atom. The summed E-state index contributed by atoms with van der Waals surface area (Å²) in [5, 5.41) is 11.7. The predicted octanol–water partition coefficient (Wildman–Crippen LogP) is 2.75. The Kier molecular flexibility index (Phi) is 7.84. The highest BCUT2D eigenvalue weighted by Crippen LogP contribution is 2.39. The third-order valence-corrected chi connectivity index (χ3v) is 5.16. The molecule has 0 aliphatic carbocycles. The number of carboxylic acid groups (broad SMARTS) is 1. The zero-order valence-electron chi connectivity index (χ0n) is 16.8. The van der Waals surface area contributed by atoms with Gasteiger partial charge in [-0.25, -0.2) is 0 Å². The van der Waals surface area contributed by atoms with Gasteiger partial charge in [-0.05, 0) is 37.5 Å². The number of nitrogens with one attached hydrogen (secondary N) is 1. The van der Waals surface area contributed by atoms with Crippen molar-refractivity contribution >= 4 is 17.8 Å². The van der Waals surface area contributed by atoms with E-state index in [4.69, 9.17) is 9.84 Å². The first-order chi connectivity index (χ1) is 13.4. The van der Waals surface area contributed by atoms with E-state index in [1.165, 1.54) is 0 Å². The van der Waals surface area contributed by atoms with Crippen LogP contribution in [0.25, 0.3) is 0 Å². The van der Waals surface area contributed by atoms with Gasteiger partial charge in [0.25, 0.3) is 0 Å². The van der Waals surface area contributed by atoms with Gasteiger partial charge in [-0.15, -0.1) is 0 Å². The number of carbonyl (C=O) groups excluding carboxylic acids is 2. The number of carbonyl (C=O) groups is 3. The second kappa shape index (κ2) is 10.1. The second-order valence-corrected chi connectivity index (χ2v) is 7.31. The quantitative estimate of drug-likeness (QED) is 0.640. The molecule has 2 N–H and O–H groups in total. The normalized spacial score (nSPS) is 20.1. The summed E-state index contributed by atoms with van der Waals surface area (Å²) >= 11 is 0. The third-order valence-electron chi connectivity index (χ3n) is 5.16. The highest BCUT2D eigenvalue weighted by molar-refractivity contribution is 5.90. The van der Waals surface area contributed by atoms with Crippen LogP contribution in [0.1, 0.15) is 57.6 Å². The van der Waals surface area contributed by atoms with Gasteiger partial charge >= 0.3 is 5.97 Å². The first-order valence-corrected chi connectivity index (χ1v) is 9.83. The van der Waals surface area contributed by atoms with E-state index < -0.39 is 11.9 Å². The molecule has 1 fully saturated rings. The summed E-state index contributed by atoms with van der Waals surface area (Å²) in [6.07, 6.45) is 2.35. The number of amides is 2. The van der Waals surface area contributed by atoms with Crippen molar-refractivity contribution in [2.24, 2.45) is 5.92 Å². The van der Waals surface area contributed by atoms with Crippen LogP contribution in [0, 0.1) is 5.92 Å². The largest absolute Gasteiger partial charge is 0.497 e. The highest BCUT2D eigenvalue weighted by atomic mass is 16.5. The van der Waals surface area contributed by atoms with Gasteiger partial charge in [-0.2, -0.15) is 0 Å². The van der Waals surface area contributed by atoms with Crippen LogP contribution < -0.4 is 10.1 Å². The molecule has 3 atom stereocenters. The van der Waals surface area contributed by atoms with Crippen molar-refractivity contribution in [1.29, 1.82) is 0 Å². The van der Waals surface area contributed by atoms with E-state index >= 15 is 0 Å². The summed E-state index contributed by atoms with van der Waals surface area (Å²) in [5.74, 6) is -0.890. The van der Waals surface area contributed by atoms with Crippen LogP contribution in [-0.4, -0.2) is 47.5 Å². The van der Waals surface area contributed by atoms with E-state index in [-0.39, 0.29) is 36.7 Å². The van der Waals surface area contributed by atoms with E-state index in [2.05, 4.69) is 12.2 Å². The van der Waals surface area contributed by atoms with Gasteiger partial charge in [0.05, 0.1) is 19.1 Å². The summed E-state index contributed by atoms with van der Waals surface area (Å²) in [4.78, 5) is 38.1. The topological polar surface area (TPSA) is 95.9 Å². The molecule has 3 unspecified atom stereocenters. The van der Waals surface area contributed by atoms with E-state index in [1.54, 1.807) is 18.9 Å². The Labute approximate surface area is 166 Å². The highest BCUT2D eigenvalue weighted by Gasteiger charge is 2.44. The monoisotopic (exact) mass is 390 g/mol. The minimum Gasteiger partial charge on any atom is -0.497 e. The van der Waals surface area contributed by atoms with Gasteiger partial charge in [0.15, 0.2) is 0 Å². The predicted molar refractivity (Wildman–Crippen MR) is 105 cm³/mol. The first-order valence-electron chi connectivity index (χ1n) is 9.83. The molecule has 0 aromatic heterocycles. The molecule has 28 heavy (non-hydrogen) atoms. The number of likely N-dealkylation sites (tertiary alicyclic amines) is 1. The summed E-state index contributed by atoms with van der Waals surface area (Å²) in [6, 6.07) is 6.88. The Hall–Kier alpha value is -2.57. The fraction of sp³-hybridized carbons (Fsp3) is 0.571. The van der Waals surface area contributed by atoms with Crippen LogP contribution in [0.2, 0.25) is 0 Å². The van der Waals surface area contributed by atoms with Crippen molar-refractivity contribution in [2.45, 2.75) is 58.0 Å². The van der Waals surface area contributed by atoms with Crippen molar-refractivity contribution in [1.82, 2.24) is 10.2 Å².